The summed E-state index contributed by atoms with van der Waals surface area (Å²) >= 11 is 3.54. The predicted molar refractivity (Wildman–Crippen MR) is 86.8 cm³/mol. The molecule has 2 heteroatoms. The molecule has 0 fully saturated rings. The Balaban J connectivity index is 2.20. The number of nitrogens with one attached hydrogen (secondary N) is 1. The predicted octanol–water partition coefficient (Wildman–Crippen LogP) is 5.55. The van der Waals surface area contributed by atoms with Crippen molar-refractivity contribution in [3.05, 3.63) is 63.1 Å². The Hall–Kier alpha value is -1.28. The summed E-state index contributed by atoms with van der Waals surface area (Å²) < 4.78 is 1.11. The topological polar surface area (TPSA) is 12.0 Å². The van der Waals surface area contributed by atoms with Gasteiger partial charge in [0.05, 0.1) is 0 Å². The van der Waals surface area contributed by atoms with Gasteiger partial charge in [-0.05, 0) is 68.1 Å². The molecule has 0 aliphatic carbocycles. The fourth-order valence-corrected chi connectivity index (χ4v) is 2.79. The third kappa shape index (κ3) is 3.60. The average Bonchev–Trinajstić information content (AvgIpc) is 2.31. The second-order valence-corrected chi connectivity index (χ2v) is 6.14. The van der Waals surface area contributed by atoms with Crippen LogP contribution in [0.5, 0.6) is 0 Å². The highest BCUT2D eigenvalue weighted by molar-refractivity contribution is 9.10. The lowest BCUT2D eigenvalue weighted by Gasteiger charge is -2.17. The summed E-state index contributed by atoms with van der Waals surface area (Å²) in [5, 5.41) is 3.56. The molecule has 0 saturated carbocycles. The Labute approximate surface area is 124 Å². The lowest BCUT2D eigenvalue weighted by molar-refractivity contribution is 0.881. The summed E-state index contributed by atoms with van der Waals surface area (Å²) in [5.74, 6) is 0. The van der Waals surface area contributed by atoms with Crippen molar-refractivity contribution in [2.24, 2.45) is 0 Å². The van der Waals surface area contributed by atoms with Gasteiger partial charge in [-0.3, -0.25) is 0 Å². The van der Waals surface area contributed by atoms with Crippen LogP contribution in [-0.2, 0) is 0 Å². The van der Waals surface area contributed by atoms with E-state index in [-0.39, 0.29) is 0 Å². The zero-order valence-electron chi connectivity index (χ0n) is 11.9. The first-order chi connectivity index (χ1) is 8.95. The Morgan fingerprint density at radius 2 is 1.68 bits per heavy atom. The quantitative estimate of drug-likeness (QED) is 0.782. The largest absolute Gasteiger partial charge is 0.378 e. The van der Waals surface area contributed by atoms with E-state index in [0.717, 1.165) is 10.2 Å². The SMILES string of the molecule is Cc1cc(Br)cc(NC(C)c2ccc(C)c(C)c2)c1. The molecular formula is C17H20BrN. The van der Waals surface area contributed by atoms with Gasteiger partial charge in [-0.15, -0.1) is 0 Å². The summed E-state index contributed by atoms with van der Waals surface area (Å²) in [4.78, 5) is 0. The van der Waals surface area contributed by atoms with Crippen molar-refractivity contribution >= 4 is 21.6 Å². The maximum atomic E-state index is 3.56. The van der Waals surface area contributed by atoms with Gasteiger partial charge in [-0.1, -0.05) is 34.1 Å². The highest BCUT2D eigenvalue weighted by atomic mass is 79.9. The van der Waals surface area contributed by atoms with E-state index in [1.165, 1.54) is 22.3 Å². The number of aryl methyl sites for hydroxylation is 3. The maximum Gasteiger partial charge on any atom is 0.0485 e. The van der Waals surface area contributed by atoms with Crippen LogP contribution in [0.4, 0.5) is 5.69 Å². The molecule has 0 amide bonds. The highest BCUT2D eigenvalue weighted by Crippen LogP contribution is 2.24. The first-order valence-electron chi connectivity index (χ1n) is 6.56. The smallest absolute Gasteiger partial charge is 0.0485 e. The van der Waals surface area contributed by atoms with Gasteiger partial charge in [-0.25, -0.2) is 0 Å². The Morgan fingerprint density at radius 3 is 2.32 bits per heavy atom. The van der Waals surface area contributed by atoms with E-state index in [1.54, 1.807) is 0 Å². The molecule has 100 valence electrons. The Bertz CT molecular complexity index is 570. The molecular weight excluding hydrogens is 298 g/mol. The average molecular weight is 318 g/mol. The van der Waals surface area contributed by atoms with E-state index >= 15 is 0 Å². The minimum atomic E-state index is 0.299. The van der Waals surface area contributed by atoms with E-state index in [2.05, 4.69) is 85.3 Å². The van der Waals surface area contributed by atoms with Gasteiger partial charge in [0.15, 0.2) is 0 Å². The molecule has 1 nitrogen and oxygen atoms in total. The molecule has 0 saturated heterocycles. The van der Waals surface area contributed by atoms with Crippen LogP contribution in [0.15, 0.2) is 40.9 Å². The highest BCUT2D eigenvalue weighted by Gasteiger charge is 2.07. The van der Waals surface area contributed by atoms with Gasteiger partial charge in [0.25, 0.3) is 0 Å². The molecule has 0 aliphatic heterocycles. The molecule has 1 unspecified atom stereocenters. The van der Waals surface area contributed by atoms with Crippen LogP contribution in [-0.4, -0.2) is 0 Å². The van der Waals surface area contributed by atoms with Gasteiger partial charge in [0, 0.05) is 16.2 Å². The summed E-state index contributed by atoms with van der Waals surface area (Å²) in [6, 6.07) is 13.4. The summed E-state index contributed by atoms with van der Waals surface area (Å²) in [7, 11) is 0. The molecule has 0 heterocycles. The van der Waals surface area contributed by atoms with Crippen LogP contribution in [0.1, 0.15) is 35.2 Å². The molecule has 19 heavy (non-hydrogen) atoms. The molecule has 2 aromatic carbocycles. The minimum Gasteiger partial charge on any atom is -0.378 e. The number of benzene rings is 2. The molecule has 1 atom stereocenters. The van der Waals surface area contributed by atoms with Crippen molar-refractivity contribution in [2.45, 2.75) is 33.7 Å². The molecule has 0 spiro atoms. The molecule has 0 bridgehead atoms. The number of anilines is 1. The number of hydrogen-bond donors (Lipinski definition) is 1. The van der Waals surface area contributed by atoms with Gasteiger partial charge in [0.2, 0.25) is 0 Å². The van der Waals surface area contributed by atoms with Gasteiger partial charge in [-0.2, -0.15) is 0 Å². The van der Waals surface area contributed by atoms with Crippen molar-refractivity contribution in [1.29, 1.82) is 0 Å². The first kappa shape index (κ1) is 14.1. The molecule has 1 N–H and O–H groups in total. The van der Waals surface area contributed by atoms with Gasteiger partial charge >= 0.3 is 0 Å². The zero-order valence-corrected chi connectivity index (χ0v) is 13.5. The maximum absolute atomic E-state index is 3.56. The lowest BCUT2D eigenvalue weighted by Crippen LogP contribution is -2.07. The summed E-state index contributed by atoms with van der Waals surface area (Å²) in [5.41, 5.74) is 6.41. The standard InChI is InChI=1S/C17H20BrN/c1-11-7-16(18)10-17(8-11)19-14(4)15-6-5-12(2)13(3)9-15/h5-10,14,19H,1-4H3. The number of hydrogen-bond acceptors (Lipinski definition) is 1. The van der Waals surface area contributed by atoms with E-state index in [0.29, 0.717) is 6.04 Å². The van der Waals surface area contributed by atoms with E-state index in [1.807, 2.05) is 0 Å². The Kier molecular flexibility index (Phi) is 4.31. The van der Waals surface area contributed by atoms with Crippen LogP contribution in [0.25, 0.3) is 0 Å². The fraction of sp³-hybridized carbons (Fsp3) is 0.294. The van der Waals surface area contributed by atoms with Crippen LogP contribution < -0.4 is 5.32 Å². The molecule has 2 rings (SSSR count). The van der Waals surface area contributed by atoms with Gasteiger partial charge < -0.3 is 5.32 Å². The van der Waals surface area contributed by atoms with Crippen molar-refractivity contribution in [3.8, 4) is 0 Å². The van der Waals surface area contributed by atoms with Crippen LogP contribution >= 0.6 is 15.9 Å². The first-order valence-corrected chi connectivity index (χ1v) is 7.36. The van der Waals surface area contributed by atoms with Crippen molar-refractivity contribution in [2.75, 3.05) is 5.32 Å². The van der Waals surface area contributed by atoms with E-state index in [4.69, 9.17) is 0 Å². The van der Waals surface area contributed by atoms with Gasteiger partial charge in [0.1, 0.15) is 0 Å². The second-order valence-electron chi connectivity index (χ2n) is 5.23. The van der Waals surface area contributed by atoms with Crippen molar-refractivity contribution < 1.29 is 0 Å². The Morgan fingerprint density at radius 1 is 0.947 bits per heavy atom. The normalized spacial score (nSPS) is 12.3. The lowest BCUT2D eigenvalue weighted by atomic mass is 10.0. The van der Waals surface area contributed by atoms with Crippen molar-refractivity contribution in [1.82, 2.24) is 0 Å². The summed E-state index contributed by atoms with van der Waals surface area (Å²) in [6.45, 7) is 8.61. The van der Waals surface area contributed by atoms with Crippen LogP contribution in [0.2, 0.25) is 0 Å². The third-order valence-corrected chi connectivity index (χ3v) is 3.91. The molecule has 2 aromatic rings. The molecule has 0 radical (unpaired) electrons. The van der Waals surface area contributed by atoms with Crippen molar-refractivity contribution in [3.63, 3.8) is 0 Å². The number of halogens is 1. The summed E-state index contributed by atoms with van der Waals surface area (Å²) in [6.07, 6.45) is 0. The second kappa shape index (κ2) is 5.79. The monoisotopic (exact) mass is 317 g/mol. The van der Waals surface area contributed by atoms with E-state index in [9.17, 15) is 0 Å². The van der Waals surface area contributed by atoms with Crippen LogP contribution in [0, 0.1) is 20.8 Å². The number of rotatable bonds is 3. The molecule has 0 aliphatic rings. The fourth-order valence-electron chi connectivity index (χ4n) is 2.19. The molecule has 0 aromatic heterocycles. The zero-order chi connectivity index (χ0) is 14.0. The third-order valence-electron chi connectivity index (χ3n) is 3.46. The minimum absolute atomic E-state index is 0.299. The van der Waals surface area contributed by atoms with E-state index < -0.39 is 0 Å². The van der Waals surface area contributed by atoms with Crippen LogP contribution in [0.3, 0.4) is 0 Å².